The van der Waals surface area contributed by atoms with Gasteiger partial charge in [0.25, 0.3) is 0 Å². The van der Waals surface area contributed by atoms with Crippen molar-refractivity contribution in [3.05, 3.63) is 75.7 Å². The molecule has 44 heavy (non-hydrogen) atoms. The van der Waals surface area contributed by atoms with Gasteiger partial charge in [-0.3, -0.25) is 15.1 Å². The minimum atomic E-state index is -0.622. The van der Waals surface area contributed by atoms with Gasteiger partial charge in [0.05, 0.1) is 5.69 Å². The van der Waals surface area contributed by atoms with E-state index in [9.17, 15) is 14.4 Å². The summed E-state index contributed by atoms with van der Waals surface area (Å²) < 4.78 is 5.34. The highest BCUT2D eigenvalue weighted by Crippen LogP contribution is 2.24. The minimum Gasteiger partial charge on any atom is -0.444 e. The maximum atomic E-state index is 13.4. The molecule has 0 radical (unpaired) electrons. The summed E-state index contributed by atoms with van der Waals surface area (Å²) in [5.74, 6) is -0.164. The zero-order valence-electron chi connectivity index (χ0n) is 26.4. The number of piperazine rings is 1. The maximum absolute atomic E-state index is 13.4. The minimum absolute atomic E-state index is 0.0955. The molecule has 1 aromatic carbocycles. The number of ether oxygens (including phenoxy) is 1. The van der Waals surface area contributed by atoms with Gasteiger partial charge in [-0.2, -0.15) is 0 Å². The van der Waals surface area contributed by atoms with Crippen molar-refractivity contribution < 1.29 is 19.1 Å². The van der Waals surface area contributed by atoms with Crippen molar-refractivity contribution in [3.63, 3.8) is 0 Å². The molecule has 0 unspecified atom stereocenters. The Kier molecular flexibility index (Phi) is 11.5. The van der Waals surface area contributed by atoms with Crippen LogP contribution in [0.2, 0.25) is 0 Å². The van der Waals surface area contributed by atoms with Crippen LogP contribution in [0.3, 0.4) is 0 Å². The molecule has 4 rings (SSSR count). The molecular formula is C33H44N6O4S. The molecule has 0 bridgehead atoms. The number of hydrogen-bond acceptors (Lipinski definition) is 8. The quantitative estimate of drug-likeness (QED) is 0.257. The van der Waals surface area contributed by atoms with Crippen molar-refractivity contribution in [2.45, 2.75) is 52.7 Å². The Morgan fingerprint density at radius 2 is 1.82 bits per heavy atom. The molecule has 0 saturated carbocycles. The van der Waals surface area contributed by atoms with E-state index in [1.807, 2.05) is 42.6 Å². The van der Waals surface area contributed by atoms with Crippen LogP contribution in [0, 0.1) is 6.92 Å². The third-order valence-corrected chi connectivity index (χ3v) is 8.06. The molecule has 1 fully saturated rings. The van der Waals surface area contributed by atoms with Gasteiger partial charge in [0.2, 0.25) is 0 Å². The number of amides is 3. The summed E-state index contributed by atoms with van der Waals surface area (Å²) in [5, 5.41) is 9.39. The molecule has 10 nitrogen and oxygen atoms in total. The number of thiophene rings is 1. The number of nitrogens with zero attached hydrogens (tertiary/aromatic N) is 4. The molecule has 3 heterocycles. The van der Waals surface area contributed by atoms with Crippen LogP contribution in [0.5, 0.6) is 0 Å². The highest BCUT2D eigenvalue weighted by molar-refractivity contribution is 7.08. The zero-order valence-corrected chi connectivity index (χ0v) is 27.2. The van der Waals surface area contributed by atoms with E-state index in [0.717, 1.165) is 56.0 Å². The van der Waals surface area contributed by atoms with Crippen LogP contribution in [-0.4, -0.2) is 89.5 Å². The fourth-order valence-corrected chi connectivity index (χ4v) is 5.67. The Labute approximate surface area is 264 Å². The summed E-state index contributed by atoms with van der Waals surface area (Å²) >= 11 is 1.40. The number of nitrogens with one attached hydrogen (secondary N) is 2. The third kappa shape index (κ3) is 10.4. The molecule has 0 atom stereocenters. The number of pyridine rings is 1. The van der Waals surface area contributed by atoms with E-state index in [-0.39, 0.29) is 18.2 Å². The number of carbonyl (C=O) groups is 3. The van der Waals surface area contributed by atoms with E-state index in [2.05, 4.69) is 32.5 Å². The number of urea groups is 1. The smallest absolute Gasteiger partial charge is 0.412 e. The second-order valence-corrected chi connectivity index (χ2v) is 13.1. The first-order chi connectivity index (χ1) is 20.9. The first-order valence-electron chi connectivity index (χ1n) is 15.0. The van der Waals surface area contributed by atoms with Gasteiger partial charge in [-0.1, -0.05) is 18.2 Å². The molecule has 1 aliphatic heterocycles. The number of hydrogen-bond donors (Lipinski definition) is 2. The van der Waals surface area contributed by atoms with Crippen molar-refractivity contribution in [1.82, 2.24) is 19.7 Å². The summed E-state index contributed by atoms with van der Waals surface area (Å²) in [5.41, 5.74) is 3.63. The number of benzene rings is 1. The fraction of sp³-hybridized carbons (Fsp3) is 0.455. The van der Waals surface area contributed by atoms with Crippen LogP contribution < -0.4 is 10.6 Å². The Morgan fingerprint density at radius 1 is 1.05 bits per heavy atom. The van der Waals surface area contributed by atoms with E-state index in [1.165, 1.54) is 11.3 Å². The summed E-state index contributed by atoms with van der Waals surface area (Å²) in [7, 11) is 2.14. The molecule has 3 aromatic rings. The normalized spacial score (nSPS) is 14.2. The first-order valence-corrected chi connectivity index (χ1v) is 16.0. The summed E-state index contributed by atoms with van der Waals surface area (Å²) in [6, 6.07) is 11.1. The van der Waals surface area contributed by atoms with Crippen LogP contribution >= 0.6 is 11.3 Å². The number of likely N-dealkylation sites (N-methyl/N-ethyl adjacent to an activating group) is 1. The fourth-order valence-electron chi connectivity index (χ4n) is 4.88. The number of anilines is 2. The van der Waals surface area contributed by atoms with Crippen molar-refractivity contribution in [3.8, 4) is 0 Å². The lowest BCUT2D eigenvalue weighted by atomic mass is 10.1. The number of aryl methyl sites for hydroxylation is 1. The molecule has 11 heteroatoms. The van der Waals surface area contributed by atoms with E-state index < -0.39 is 11.7 Å². The summed E-state index contributed by atoms with van der Waals surface area (Å²) in [6.07, 6.45) is 2.05. The van der Waals surface area contributed by atoms with Crippen LogP contribution in [0.25, 0.3) is 0 Å². The number of Topliss-reactive ketones (excluding diaryl/α,β-unsaturated/α-hetero) is 1. The molecule has 0 spiro atoms. The number of carbonyl (C=O) groups excluding carboxylic acids is 3. The molecule has 1 aliphatic rings. The van der Waals surface area contributed by atoms with E-state index in [4.69, 9.17) is 4.74 Å². The van der Waals surface area contributed by atoms with E-state index >= 15 is 0 Å². The summed E-state index contributed by atoms with van der Waals surface area (Å²) in [4.78, 5) is 49.7. The van der Waals surface area contributed by atoms with E-state index in [0.29, 0.717) is 30.0 Å². The summed E-state index contributed by atoms with van der Waals surface area (Å²) in [6.45, 7) is 13.5. The predicted molar refractivity (Wildman–Crippen MR) is 176 cm³/mol. The Bertz CT molecular complexity index is 1410. The molecule has 0 aliphatic carbocycles. The van der Waals surface area contributed by atoms with Gasteiger partial charge < -0.3 is 24.8 Å². The molecule has 3 amide bonds. The SMILES string of the molecule is Cc1cccc(NC(=O)N(CCCN2CCN(C)CC2)Cc2ccc(C(=O)Cc3cscc3NC(=O)OC(C)(C)C)nc2)c1. The van der Waals surface area contributed by atoms with Gasteiger partial charge in [-0.15, -0.1) is 11.3 Å². The van der Waals surface area contributed by atoms with Crippen molar-refractivity contribution >= 4 is 40.6 Å². The number of rotatable bonds is 11. The lowest BCUT2D eigenvalue weighted by Crippen LogP contribution is -2.45. The topological polar surface area (TPSA) is 107 Å². The molecule has 1 saturated heterocycles. The average molecular weight is 621 g/mol. The van der Waals surface area contributed by atoms with Crippen LogP contribution in [0.1, 0.15) is 54.4 Å². The number of aromatic nitrogens is 1. The average Bonchev–Trinajstić information content (AvgIpc) is 3.38. The molecule has 2 N–H and O–H groups in total. The maximum Gasteiger partial charge on any atom is 0.412 e. The highest BCUT2D eigenvalue weighted by atomic mass is 32.1. The Balaban J connectivity index is 1.37. The van der Waals surface area contributed by atoms with Crippen molar-refractivity contribution in [2.75, 3.05) is 56.9 Å². The van der Waals surface area contributed by atoms with Crippen molar-refractivity contribution in [2.24, 2.45) is 0 Å². The Morgan fingerprint density at radius 3 is 2.50 bits per heavy atom. The second kappa shape index (κ2) is 15.3. The standard InChI is InChI=1S/C33H44N6O4S/c1-24-8-6-9-27(18-24)35-31(41)39(13-7-12-38-16-14-37(5)15-17-38)21-25-10-11-28(34-20-25)30(40)19-26-22-44-23-29(26)36-32(42)43-33(2,3)4/h6,8-11,18,20,22-23H,7,12-17,19,21H2,1-5H3,(H,35,41)(H,36,42). The van der Waals surface area contributed by atoms with Gasteiger partial charge in [-0.05, 0) is 88.0 Å². The number of ketones is 1. The first kappa shape index (κ1) is 33.1. The van der Waals surface area contributed by atoms with E-state index in [1.54, 1.807) is 43.3 Å². The van der Waals surface area contributed by atoms with Gasteiger partial charge in [0, 0.05) is 63.0 Å². The van der Waals surface area contributed by atoms with Crippen LogP contribution in [0.15, 0.2) is 53.4 Å². The lowest BCUT2D eigenvalue weighted by molar-refractivity contribution is 0.0635. The van der Waals surface area contributed by atoms with Crippen LogP contribution in [-0.2, 0) is 17.7 Å². The van der Waals surface area contributed by atoms with Crippen LogP contribution in [0.4, 0.5) is 21.0 Å². The molecule has 2 aromatic heterocycles. The molecule has 236 valence electrons. The largest absolute Gasteiger partial charge is 0.444 e. The lowest BCUT2D eigenvalue weighted by Gasteiger charge is -2.33. The van der Waals surface area contributed by atoms with Gasteiger partial charge >= 0.3 is 12.1 Å². The van der Waals surface area contributed by atoms with Crippen molar-refractivity contribution in [1.29, 1.82) is 0 Å². The third-order valence-electron chi connectivity index (χ3n) is 7.27. The second-order valence-electron chi connectivity index (χ2n) is 12.3. The Hall–Kier alpha value is -3.80. The molecular weight excluding hydrogens is 576 g/mol. The van der Waals surface area contributed by atoms with Gasteiger partial charge in [0.15, 0.2) is 5.78 Å². The predicted octanol–water partition coefficient (Wildman–Crippen LogP) is 5.90. The van der Waals surface area contributed by atoms with Gasteiger partial charge in [-0.25, -0.2) is 9.59 Å². The highest BCUT2D eigenvalue weighted by Gasteiger charge is 2.20. The zero-order chi connectivity index (χ0) is 31.7. The van der Waals surface area contributed by atoms with Gasteiger partial charge in [0.1, 0.15) is 11.3 Å². The monoisotopic (exact) mass is 620 g/mol.